The highest BCUT2D eigenvalue weighted by molar-refractivity contribution is 5.97. The summed E-state index contributed by atoms with van der Waals surface area (Å²) in [5.74, 6) is -0.220. The lowest BCUT2D eigenvalue weighted by Gasteiger charge is -2.12. The summed E-state index contributed by atoms with van der Waals surface area (Å²) in [6.07, 6.45) is 0. The molecule has 6 nitrogen and oxygen atoms in total. The summed E-state index contributed by atoms with van der Waals surface area (Å²) in [5, 5.41) is 32.0. The molecule has 0 bridgehead atoms. The van der Waals surface area contributed by atoms with Gasteiger partial charge in [0.1, 0.15) is 23.9 Å². The van der Waals surface area contributed by atoms with Gasteiger partial charge in [0.15, 0.2) is 5.57 Å². The van der Waals surface area contributed by atoms with Crippen molar-refractivity contribution in [3.8, 4) is 18.2 Å². The highest BCUT2D eigenvalue weighted by Gasteiger charge is 2.13. The normalized spacial score (nSPS) is 8.71. The van der Waals surface area contributed by atoms with Gasteiger partial charge >= 0.3 is 0 Å². The first-order chi connectivity index (χ1) is 10.1. The Labute approximate surface area is 122 Å². The molecule has 0 heterocycles. The molecule has 0 aromatic heterocycles. The highest BCUT2D eigenvalue weighted by atomic mass is 16.1. The molecule has 1 rings (SSSR count). The summed E-state index contributed by atoms with van der Waals surface area (Å²) in [7, 11) is 0. The molecular weight excluding hydrogens is 266 g/mol. The van der Waals surface area contributed by atoms with Crippen molar-refractivity contribution in [2.24, 2.45) is 0 Å². The molecule has 1 amide bonds. The smallest absolute Gasteiger partial charge is 0.251 e. The van der Waals surface area contributed by atoms with Crippen LogP contribution in [0.2, 0.25) is 0 Å². The summed E-state index contributed by atoms with van der Waals surface area (Å²) >= 11 is 0. The number of carbonyl (C=O) groups excluding carboxylic acids is 1. The molecule has 0 fully saturated rings. The number of nitriles is 3. The predicted octanol–water partition coefficient (Wildman–Crippen LogP) is 1.98. The topological polar surface area (TPSA) is 112 Å². The summed E-state index contributed by atoms with van der Waals surface area (Å²) in [4.78, 5) is 11.9. The van der Waals surface area contributed by atoms with E-state index in [4.69, 9.17) is 15.8 Å². The van der Waals surface area contributed by atoms with E-state index in [1.54, 1.807) is 43.3 Å². The fourth-order valence-corrected chi connectivity index (χ4v) is 1.69. The molecule has 0 spiro atoms. The number of hydrogen-bond acceptors (Lipinski definition) is 5. The predicted molar refractivity (Wildman–Crippen MR) is 76.7 cm³/mol. The third kappa shape index (κ3) is 3.59. The largest absolute Gasteiger partial charge is 0.352 e. The summed E-state index contributed by atoms with van der Waals surface area (Å²) < 4.78 is 0. The SMILES string of the molecule is CCNC(=O)c1cccc(NC(C#N)=C(C#N)C#N)c1C. The summed E-state index contributed by atoms with van der Waals surface area (Å²) in [6.45, 7) is 4.05. The van der Waals surface area contributed by atoms with Crippen molar-refractivity contribution in [1.82, 2.24) is 5.32 Å². The van der Waals surface area contributed by atoms with E-state index in [-0.39, 0.29) is 17.2 Å². The Hall–Kier alpha value is -3.30. The number of allylic oxidation sites excluding steroid dienone is 2. The Morgan fingerprint density at radius 3 is 2.38 bits per heavy atom. The van der Waals surface area contributed by atoms with Crippen LogP contribution in [0.4, 0.5) is 5.69 Å². The molecule has 0 aliphatic rings. The van der Waals surface area contributed by atoms with Crippen molar-refractivity contribution in [3.63, 3.8) is 0 Å². The molecular formula is C15H13N5O. The number of benzene rings is 1. The number of rotatable bonds is 4. The van der Waals surface area contributed by atoms with Gasteiger partial charge in [-0.25, -0.2) is 0 Å². The molecule has 0 radical (unpaired) electrons. The van der Waals surface area contributed by atoms with Gasteiger partial charge in [-0.3, -0.25) is 4.79 Å². The number of nitrogens with zero attached hydrogens (tertiary/aromatic N) is 3. The van der Waals surface area contributed by atoms with Crippen molar-refractivity contribution in [2.45, 2.75) is 13.8 Å². The van der Waals surface area contributed by atoms with Crippen LogP contribution in [0, 0.1) is 40.9 Å². The minimum atomic E-state index is -0.305. The van der Waals surface area contributed by atoms with Crippen LogP contribution in [-0.2, 0) is 0 Å². The van der Waals surface area contributed by atoms with E-state index < -0.39 is 0 Å². The first kappa shape index (κ1) is 15.8. The van der Waals surface area contributed by atoms with Crippen LogP contribution >= 0.6 is 0 Å². The lowest BCUT2D eigenvalue weighted by atomic mass is 10.1. The molecule has 0 atom stereocenters. The van der Waals surface area contributed by atoms with Gasteiger partial charge in [-0.05, 0) is 31.5 Å². The Morgan fingerprint density at radius 2 is 1.86 bits per heavy atom. The van der Waals surface area contributed by atoms with Gasteiger partial charge in [-0.1, -0.05) is 6.07 Å². The Morgan fingerprint density at radius 1 is 1.19 bits per heavy atom. The van der Waals surface area contributed by atoms with Crippen LogP contribution in [0.25, 0.3) is 0 Å². The molecule has 0 saturated carbocycles. The lowest BCUT2D eigenvalue weighted by molar-refractivity contribution is 0.0955. The number of hydrogen-bond donors (Lipinski definition) is 2. The molecule has 1 aromatic carbocycles. The second kappa shape index (κ2) is 7.33. The van der Waals surface area contributed by atoms with Crippen LogP contribution in [0.15, 0.2) is 29.5 Å². The highest BCUT2D eigenvalue weighted by Crippen LogP contribution is 2.21. The van der Waals surface area contributed by atoms with Crippen molar-refractivity contribution in [3.05, 3.63) is 40.6 Å². The van der Waals surface area contributed by atoms with Crippen molar-refractivity contribution >= 4 is 11.6 Å². The van der Waals surface area contributed by atoms with Gasteiger partial charge in [0, 0.05) is 17.8 Å². The maximum absolute atomic E-state index is 11.9. The van der Waals surface area contributed by atoms with Gasteiger partial charge < -0.3 is 10.6 Å². The third-order valence-corrected chi connectivity index (χ3v) is 2.76. The van der Waals surface area contributed by atoms with E-state index in [1.807, 2.05) is 6.92 Å². The molecule has 0 unspecified atom stereocenters. The molecule has 0 aliphatic carbocycles. The molecule has 2 N–H and O–H groups in total. The van der Waals surface area contributed by atoms with E-state index in [1.165, 1.54) is 0 Å². The van der Waals surface area contributed by atoms with Crippen LogP contribution in [0.5, 0.6) is 0 Å². The maximum Gasteiger partial charge on any atom is 0.251 e. The Bertz CT molecular complexity index is 697. The minimum Gasteiger partial charge on any atom is -0.352 e. The van der Waals surface area contributed by atoms with Crippen molar-refractivity contribution in [2.75, 3.05) is 11.9 Å². The van der Waals surface area contributed by atoms with E-state index in [9.17, 15) is 4.79 Å². The second-order valence-electron chi connectivity index (χ2n) is 4.05. The first-order valence-corrected chi connectivity index (χ1v) is 6.18. The van der Waals surface area contributed by atoms with Crippen LogP contribution in [0.1, 0.15) is 22.8 Å². The molecule has 104 valence electrons. The van der Waals surface area contributed by atoms with Gasteiger partial charge in [-0.2, -0.15) is 15.8 Å². The van der Waals surface area contributed by atoms with Gasteiger partial charge in [0.25, 0.3) is 5.91 Å². The zero-order valence-electron chi connectivity index (χ0n) is 11.7. The second-order valence-corrected chi connectivity index (χ2v) is 4.05. The fraction of sp³-hybridized carbons (Fsp3) is 0.200. The third-order valence-electron chi connectivity index (χ3n) is 2.76. The fourth-order valence-electron chi connectivity index (χ4n) is 1.69. The van der Waals surface area contributed by atoms with E-state index in [0.29, 0.717) is 23.4 Å². The quantitative estimate of drug-likeness (QED) is 0.818. The summed E-state index contributed by atoms with van der Waals surface area (Å²) in [5.41, 5.74) is 1.15. The van der Waals surface area contributed by atoms with E-state index in [2.05, 4.69) is 10.6 Å². The van der Waals surface area contributed by atoms with Gasteiger partial charge in [0.05, 0.1) is 0 Å². The maximum atomic E-state index is 11.9. The lowest BCUT2D eigenvalue weighted by Crippen LogP contribution is -2.23. The first-order valence-electron chi connectivity index (χ1n) is 6.18. The molecule has 1 aromatic rings. The number of anilines is 1. The van der Waals surface area contributed by atoms with E-state index >= 15 is 0 Å². The minimum absolute atomic E-state index is 0.142. The van der Waals surface area contributed by atoms with Crippen molar-refractivity contribution in [1.29, 1.82) is 15.8 Å². The van der Waals surface area contributed by atoms with Gasteiger partial charge in [0.2, 0.25) is 0 Å². The zero-order chi connectivity index (χ0) is 15.8. The standard InChI is InChI=1S/C15H13N5O/c1-3-19-15(21)12-5-4-6-13(10(12)2)20-14(9-18)11(7-16)8-17/h4-6,20H,3H2,1-2H3,(H,19,21). The molecule has 0 saturated heterocycles. The Kier molecular flexibility index (Phi) is 5.50. The Balaban J connectivity index is 3.24. The molecule has 21 heavy (non-hydrogen) atoms. The van der Waals surface area contributed by atoms with Gasteiger partial charge in [-0.15, -0.1) is 0 Å². The van der Waals surface area contributed by atoms with Crippen LogP contribution < -0.4 is 10.6 Å². The number of amides is 1. The van der Waals surface area contributed by atoms with Crippen LogP contribution in [0.3, 0.4) is 0 Å². The average molecular weight is 279 g/mol. The number of carbonyl (C=O) groups is 1. The molecule has 6 heteroatoms. The van der Waals surface area contributed by atoms with Crippen molar-refractivity contribution < 1.29 is 4.79 Å². The zero-order valence-corrected chi connectivity index (χ0v) is 11.7. The summed E-state index contributed by atoms with van der Waals surface area (Å²) in [6, 6.07) is 10.1. The average Bonchev–Trinajstić information content (AvgIpc) is 2.49. The van der Waals surface area contributed by atoms with Crippen LogP contribution in [-0.4, -0.2) is 12.5 Å². The monoisotopic (exact) mass is 279 g/mol. The number of nitrogens with one attached hydrogen (secondary N) is 2. The molecule has 0 aliphatic heterocycles. The van der Waals surface area contributed by atoms with E-state index in [0.717, 1.165) is 0 Å².